The largest absolute Gasteiger partial charge is 0.451 e. The van der Waals surface area contributed by atoms with Crippen molar-refractivity contribution in [2.45, 2.75) is 30.4 Å². The van der Waals surface area contributed by atoms with Gasteiger partial charge < -0.3 is 10.3 Å². The number of hydrogen-bond acceptors (Lipinski definition) is 6. The van der Waals surface area contributed by atoms with Gasteiger partial charge in [-0.1, -0.05) is 11.8 Å². The molecule has 22 heavy (non-hydrogen) atoms. The standard InChI is InChI=1S/C12H15F3N6S/c1-7-8(5-17-10(18-7)12(13,14)15)6-22-11-20-19-9(3-4-16)21(11)2/h5H,3-4,6,16H2,1-2H3. The second-order valence-corrected chi connectivity index (χ2v) is 5.53. The lowest BCUT2D eigenvalue weighted by Crippen LogP contribution is -2.12. The summed E-state index contributed by atoms with van der Waals surface area (Å²) in [5.74, 6) is 0.0616. The number of aryl methyl sites for hydroxylation is 1. The fourth-order valence-electron chi connectivity index (χ4n) is 1.73. The van der Waals surface area contributed by atoms with Gasteiger partial charge in [0.2, 0.25) is 5.82 Å². The highest BCUT2D eigenvalue weighted by atomic mass is 32.2. The summed E-state index contributed by atoms with van der Waals surface area (Å²) in [6.45, 7) is 2.01. The van der Waals surface area contributed by atoms with Crippen LogP contribution in [0.25, 0.3) is 0 Å². The van der Waals surface area contributed by atoms with Crippen LogP contribution in [-0.4, -0.2) is 31.3 Å². The van der Waals surface area contributed by atoms with Gasteiger partial charge in [0.25, 0.3) is 0 Å². The summed E-state index contributed by atoms with van der Waals surface area (Å²) in [6, 6.07) is 0. The van der Waals surface area contributed by atoms with E-state index in [1.165, 1.54) is 24.9 Å². The normalized spacial score (nSPS) is 11.9. The molecule has 2 N–H and O–H groups in total. The Balaban J connectivity index is 2.09. The third-order valence-electron chi connectivity index (χ3n) is 2.98. The molecule has 0 fully saturated rings. The minimum atomic E-state index is -4.53. The Morgan fingerprint density at radius 3 is 2.64 bits per heavy atom. The number of aromatic nitrogens is 5. The van der Waals surface area contributed by atoms with E-state index in [4.69, 9.17) is 5.73 Å². The van der Waals surface area contributed by atoms with Gasteiger partial charge in [-0.05, 0) is 13.5 Å². The molecule has 10 heteroatoms. The maximum Gasteiger partial charge on any atom is 0.451 e. The summed E-state index contributed by atoms with van der Waals surface area (Å²) >= 11 is 1.36. The highest BCUT2D eigenvalue weighted by Gasteiger charge is 2.34. The highest BCUT2D eigenvalue weighted by molar-refractivity contribution is 7.98. The molecule has 6 nitrogen and oxygen atoms in total. The van der Waals surface area contributed by atoms with Crippen LogP contribution in [0.4, 0.5) is 13.2 Å². The summed E-state index contributed by atoms with van der Waals surface area (Å²) < 4.78 is 39.4. The van der Waals surface area contributed by atoms with E-state index >= 15 is 0 Å². The number of halogens is 3. The lowest BCUT2D eigenvalue weighted by Gasteiger charge is -2.08. The number of thioether (sulfide) groups is 1. The number of hydrogen-bond donors (Lipinski definition) is 1. The predicted octanol–water partition coefficient (Wildman–Crippen LogP) is 1.73. The minimum Gasteiger partial charge on any atom is -0.330 e. The van der Waals surface area contributed by atoms with Gasteiger partial charge in [0.05, 0.1) is 0 Å². The van der Waals surface area contributed by atoms with Crippen LogP contribution < -0.4 is 5.73 Å². The van der Waals surface area contributed by atoms with Crippen molar-refractivity contribution < 1.29 is 13.2 Å². The molecule has 2 heterocycles. The molecule has 0 bridgehead atoms. The van der Waals surface area contributed by atoms with Crippen molar-refractivity contribution in [1.82, 2.24) is 24.7 Å². The minimum absolute atomic E-state index is 0.305. The molecule has 0 atom stereocenters. The van der Waals surface area contributed by atoms with Gasteiger partial charge >= 0.3 is 6.18 Å². The molecule has 0 aliphatic rings. The molecule has 2 aromatic rings. The van der Waals surface area contributed by atoms with Crippen LogP contribution in [0, 0.1) is 6.92 Å². The van der Waals surface area contributed by atoms with Gasteiger partial charge in [0, 0.05) is 36.7 Å². The first-order valence-corrected chi connectivity index (χ1v) is 7.42. The predicted molar refractivity (Wildman–Crippen MR) is 75.1 cm³/mol. The Morgan fingerprint density at radius 1 is 1.32 bits per heavy atom. The molecular formula is C12H15F3N6S. The first kappa shape index (κ1) is 16.7. The Labute approximate surface area is 129 Å². The van der Waals surface area contributed by atoms with Crippen LogP contribution in [0.15, 0.2) is 11.4 Å². The van der Waals surface area contributed by atoms with Crippen LogP contribution in [-0.2, 0) is 25.4 Å². The average Bonchev–Trinajstić information content (AvgIpc) is 2.78. The van der Waals surface area contributed by atoms with Gasteiger partial charge in [-0.2, -0.15) is 13.2 Å². The number of rotatable bonds is 5. The Kier molecular flexibility index (Phi) is 5.01. The summed E-state index contributed by atoms with van der Waals surface area (Å²) in [7, 11) is 1.82. The zero-order valence-corrected chi connectivity index (χ0v) is 12.9. The zero-order chi connectivity index (χ0) is 16.3. The number of nitrogens with zero attached hydrogens (tertiary/aromatic N) is 5. The van der Waals surface area contributed by atoms with Gasteiger partial charge in [-0.3, -0.25) is 0 Å². The van der Waals surface area contributed by atoms with Crippen LogP contribution in [0.1, 0.15) is 22.9 Å². The second-order valence-electron chi connectivity index (χ2n) is 4.59. The van der Waals surface area contributed by atoms with Crippen molar-refractivity contribution in [2.24, 2.45) is 12.8 Å². The monoisotopic (exact) mass is 332 g/mol. The average molecular weight is 332 g/mol. The molecule has 0 unspecified atom stereocenters. The van der Waals surface area contributed by atoms with Gasteiger partial charge in [0.15, 0.2) is 5.16 Å². The van der Waals surface area contributed by atoms with Crippen LogP contribution in [0.2, 0.25) is 0 Å². The summed E-state index contributed by atoms with van der Waals surface area (Å²) in [4.78, 5) is 6.88. The van der Waals surface area contributed by atoms with Crippen molar-refractivity contribution in [2.75, 3.05) is 6.54 Å². The molecule has 0 aliphatic heterocycles. The molecule has 2 aromatic heterocycles. The Hall–Kier alpha value is -1.68. The molecule has 0 spiro atoms. The van der Waals surface area contributed by atoms with E-state index in [0.29, 0.717) is 35.1 Å². The smallest absolute Gasteiger partial charge is 0.330 e. The quantitative estimate of drug-likeness (QED) is 0.840. The summed E-state index contributed by atoms with van der Waals surface area (Å²) in [6.07, 6.45) is -2.71. The van der Waals surface area contributed by atoms with Gasteiger partial charge in [-0.15, -0.1) is 10.2 Å². The molecule has 0 saturated heterocycles. The van der Waals surface area contributed by atoms with Crippen molar-refractivity contribution in [3.63, 3.8) is 0 Å². The molecule has 0 amide bonds. The number of nitrogens with two attached hydrogens (primary N) is 1. The van der Waals surface area contributed by atoms with E-state index in [2.05, 4.69) is 20.2 Å². The van der Waals surface area contributed by atoms with Crippen LogP contribution in [0.5, 0.6) is 0 Å². The topological polar surface area (TPSA) is 82.5 Å². The molecule has 2 rings (SSSR count). The van der Waals surface area contributed by atoms with Gasteiger partial charge in [0.1, 0.15) is 5.82 Å². The second kappa shape index (κ2) is 6.61. The third-order valence-corrected chi connectivity index (χ3v) is 4.05. The van der Waals surface area contributed by atoms with Crippen molar-refractivity contribution in [3.05, 3.63) is 29.1 Å². The lowest BCUT2D eigenvalue weighted by atomic mass is 10.3. The zero-order valence-electron chi connectivity index (χ0n) is 12.1. The van der Waals surface area contributed by atoms with E-state index in [0.717, 1.165) is 5.82 Å². The maximum atomic E-state index is 12.5. The summed E-state index contributed by atoms with van der Waals surface area (Å²) in [5, 5.41) is 8.72. The molecule has 120 valence electrons. The SMILES string of the molecule is Cc1nc(C(F)(F)F)ncc1CSc1nnc(CCN)n1C. The Morgan fingerprint density at radius 2 is 2.05 bits per heavy atom. The van der Waals surface area contributed by atoms with Crippen molar-refractivity contribution in [3.8, 4) is 0 Å². The molecule has 0 radical (unpaired) electrons. The van der Waals surface area contributed by atoms with E-state index in [9.17, 15) is 13.2 Å². The first-order valence-electron chi connectivity index (χ1n) is 6.43. The fourth-order valence-corrected chi connectivity index (χ4v) is 2.70. The van der Waals surface area contributed by atoms with Gasteiger partial charge in [-0.25, -0.2) is 9.97 Å². The lowest BCUT2D eigenvalue weighted by molar-refractivity contribution is -0.145. The Bertz CT molecular complexity index is 655. The van der Waals surface area contributed by atoms with E-state index in [1.807, 2.05) is 11.6 Å². The summed E-state index contributed by atoms with van der Waals surface area (Å²) in [5.41, 5.74) is 6.41. The third kappa shape index (κ3) is 3.74. The van der Waals surface area contributed by atoms with E-state index in [-0.39, 0.29) is 0 Å². The van der Waals surface area contributed by atoms with E-state index in [1.54, 1.807) is 0 Å². The van der Waals surface area contributed by atoms with Crippen LogP contribution in [0.3, 0.4) is 0 Å². The van der Waals surface area contributed by atoms with Crippen molar-refractivity contribution in [1.29, 1.82) is 0 Å². The fraction of sp³-hybridized carbons (Fsp3) is 0.500. The maximum absolute atomic E-state index is 12.5. The number of alkyl halides is 3. The molecular weight excluding hydrogens is 317 g/mol. The molecule has 0 saturated carbocycles. The van der Waals surface area contributed by atoms with Crippen LogP contribution >= 0.6 is 11.8 Å². The highest BCUT2D eigenvalue weighted by Crippen LogP contribution is 2.27. The van der Waals surface area contributed by atoms with Crippen molar-refractivity contribution >= 4 is 11.8 Å². The first-order chi connectivity index (χ1) is 10.3. The van der Waals surface area contributed by atoms with E-state index < -0.39 is 12.0 Å². The molecule has 0 aliphatic carbocycles. The molecule has 0 aromatic carbocycles.